The summed E-state index contributed by atoms with van der Waals surface area (Å²) in [7, 11) is 1.73. The van der Waals surface area contributed by atoms with Gasteiger partial charge in [0.05, 0.1) is 7.11 Å². The van der Waals surface area contributed by atoms with Gasteiger partial charge in [-0.3, -0.25) is 0 Å². The third-order valence-electron chi connectivity index (χ3n) is 3.51. The number of methoxy groups -OCH3 is 1. The summed E-state index contributed by atoms with van der Waals surface area (Å²) in [6.45, 7) is 0.685. The summed E-state index contributed by atoms with van der Waals surface area (Å²) in [4.78, 5) is 0. The van der Waals surface area contributed by atoms with Gasteiger partial charge in [-0.25, -0.2) is 0 Å². The SMILES string of the molecule is COc1ccc2cccc3c2c1[C@H](CN)C3. The van der Waals surface area contributed by atoms with Gasteiger partial charge < -0.3 is 10.5 Å². The van der Waals surface area contributed by atoms with Crippen molar-refractivity contribution in [2.45, 2.75) is 12.3 Å². The summed E-state index contributed by atoms with van der Waals surface area (Å²) in [5.41, 5.74) is 8.56. The van der Waals surface area contributed by atoms with Crippen molar-refractivity contribution in [2.75, 3.05) is 13.7 Å². The highest BCUT2D eigenvalue weighted by Crippen LogP contribution is 2.42. The molecule has 82 valence electrons. The van der Waals surface area contributed by atoms with Crippen molar-refractivity contribution in [3.63, 3.8) is 0 Å². The molecule has 16 heavy (non-hydrogen) atoms. The fourth-order valence-electron chi connectivity index (χ4n) is 2.79. The number of nitrogens with two attached hydrogens (primary N) is 1. The van der Waals surface area contributed by atoms with E-state index in [-0.39, 0.29) is 0 Å². The lowest BCUT2D eigenvalue weighted by molar-refractivity contribution is 0.407. The summed E-state index contributed by atoms with van der Waals surface area (Å²) >= 11 is 0. The van der Waals surface area contributed by atoms with Crippen LogP contribution >= 0.6 is 0 Å². The smallest absolute Gasteiger partial charge is 0.123 e. The Kier molecular flexibility index (Phi) is 2.11. The summed E-state index contributed by atoms with van der Waals surface area (Å²) in [6, 6.07) is 10.6. The lowest BCUT2D eigenvalue weighted by atomic mass is 9.99. The molecule has 2 aromatic carbocycles. The summed E-state index contributed by atoms with van der Waals surface area (Å²) in [5, 5.41) is 2.65. The van der Waals surface area contributed by atoms with E-state index >= 15 is 0 Å². The van der Waals surface area contributed by atoms with Crippen molar-refractivity contribution in [2.24, 2.45) is 5.73 Å². The third-order valence-corrected chi connectivity index (χ3v) is 3.51. The van der Waals surface area contributed by atoms with Gasteiger partial charge >= 0.3 is 0 Å². The first-order chi connectivity index (χ1) is 7.85. The molecule has 3 rings (SSSR count). The first kappa shape index (κ1) is 9.67. The van der Waals surface area contributed by atoms with E-state index in [2.05, 4.69) is 30.3 Å². The first-order valence-corrected chi connectivity index (χ1v) is 5.63. The van der Waals surface area contributed by atoms with E-state index in [1.54, 1.807) is 7.11 Å². The number of hydrogen-bond acceptors (Lipinski definition) is 2. The van der Waals surface area contributed by atoms with Crippen molar-refractivity contribution in [1.29, 1.82) is 0 Å². The van der Waals surface area contributed by atoms with Gasteiger partial charge in [0.15, 0.2) is 0 Å². The molecular formula is C14H15NO. The van der Waals surface area contributed by atoms with Gasteiger partial charge in [-0.1, -0.05) is 24.3 Å². The second-order valence-corrected chi connectivity index (χ2v) is 4.33. The second-order valence-electron chi connectivity index (χ2n) is 4.33. The highest BCUT2D eigenvalue weighted by Gasteiger charge is 2.26. The molecule has 2 nitrogen and oxygen atoms in total. The standard InChI is InChI=1S/C14H15NO/c1-16-12-6-5-9-3-2-4-10-7-11(8-15)14(12)13(9)10/h2-6,11H,7-8,15H2,1H3/t11-/m0/s1. The predicted molar refractivity (Wildman–Crippen MR) is 66.0 cm³/mol. The van der Waals surface area contributed by atoms with Crippen molar-refractivity contribution < 1.29 is 4.74 Å². The summed E-state index contributed by atoms with van der Waals surface area (Å²) in [6.07, 6.45) is 1.05. The minimum absolute atomic E-state index is 0.413. The van der Waals surface area contributed by atoms with Gasteiger partial charge in [0.25, 0.3) is 0 Å². The van der Waals surface area contributed by atoms with Crippen LogP contribution < -0.4 is 10.5 Å². The van der Waals surface area contributed by atoms with Gasteiger partial charge in [0, 0.05) is 11.5 Å². The Morgan fingerprint density at radius 1 is 1.31 bits per heavy atom. The van der Waals surface area contributed by atoms with Crippen LogP contribution in [0, 0.1) is 0 Å². The van der Waals surface area contributed by atoms with Crippen LogP contribution in [0.5, 0.6) is 5.75 Å². The zero-order chi connectivity index (χ0) is 11.1. The van der Waals surface area contributed by atoms with Crippen LogP contribution in [0.3, 0.4) is 0 Å². The van der Waals surface area contributed by atoms with E-state index in [1.807, 2.05) is 0 Å². The van der Waals surface area contributed by atoms with E-state index in [4.69, 9.17) is 10.5 Å². The van der Waals surface area contributed by atoms with E-state index in [0.29, 0.717) is 12.5 Å². The molecule has 0 saturated heterocycles. The molecule has 0 saturated carbocycles. The molecular weight excluding hydrogens is 198 g/mol. The first-order valence-electron chi connectivity index (χ1n) is 5.63. The normalized spacial score (nSPS) is 18.0. The quantitative estimate of drug-likeness (QED) is 0.831. The van der Waals surface area contributed by atoms with Crippen molar-refractivity contribution in [1.82, 2.24) is 0 Å². The molecule has 0 amide bonds. The van der Waals surface area contributed by atoms with Crippen LogP contribution in [-0.2, 0) is 6.42 Å². The van der Waals surface area contributed by atoms with E-state index in [0.717, 1.165) is 12.2 Å². The van der Waals surface area contributed by atoms with Crippen LogP contribution in [0.25, 0.3) is 10.8 Å². The fraction of sp³-hybridized carbons (Fsp3) is 0.286. The highest BCUT2D eigenvalue weighted by atomic mass is 16.5. The Morgan fingerprint density at radius 2 is 2.19 bits per heavy atom. The second kappa shape index (κ2) is 3.49. The van der Waals surface area contributed by atoms with Gasteiger partial charge in [-0.05, 0) is 35.4 Å². The molecule has 1 atom stereocenters. The molecule has 0 aliphatic heterocycles. The Hall–Kier alpha value is -1.54. The molecule has 2 heteroatoms. The third kappa shape index (κ3) is 1.17. The van der Waals surface area contributed by atoms with Crippen LogP contribution in [0.4, 0.5) is 0 Å². The summed E-state index contributed by atoms with van der Waals surface area (Å²) in [5.74, 6) is 1.39. The monoisotopic (exact) mass is 213 g/mol. The minimum Gasteiger partial charge on any atom is -0.496 e. The lowest BCUT2D eigenvalue weighted by Gasteiger charge is -2.13. The maximum atomic E-state index is 5.86. The van der Waals surface area contributed by atoms with Crippen molar-refractivity contribution >= 4 is 10.8 Å². The molecule has 0 aromatic heterocycles. The highest BCUT2D eigenvalue weighted by molar-refractivity contribution is 5.93. The van der Waals surface area contributed by atoms with Crippen LogP contribution in [-0.4, -0.2) is 13.7 Å². The topological polar surface area (TPSA) is 35.2 Å². The molecule has 1 aliphatic carbocycles. The molecule has 0 heterocycles. The maximum Gasteiger partial charge on any atom is 0.123 e. The Labute approximate surface area is 95.0 Å². The molecule has 1 aliphatic rings. The van der Waals surface area contributed by atoms with Crippen LogP contribution in [0.15, 0.2) is 30.3 Å². The number of ether oxygens (including phenoxy) is 1. The van der Waals surface area contributed by atoms with Gasteiger partial charge in [-0.2, -0.15) is 0 Å². The molecule has 0 unspecified atom stereocenters. The van der Waals surface area contributed by atoms with E-state index < -0.39 is 0 Å². The van der Waals surface area contributed by atoms with E-state index in [9.17, 15) is 0 Å². The number of benzene rings is 2. The van der Waals surface area contributed by atoms with Crippen LogP contribution in [0.2, 0.25) is 0 Å². The Morgan fingerprint density at radius 3 is 2.94 bits per heavy atom. The largest absolute Gasteiger partial charge is 0.496 e. The average molecular weight is 213 g/mol. The average Bonchev–Trinajstić information content (AvgIpc) is 2.71. The molecule has 2 N–H and O–H groups in total. The molecule has 2 aromatic rings. The zero-order valence-corrected chi connectivity index (χ0v) is 9.36. The molecule has 0 fully saturated rings. The zero-order valence-electron chi connectivity index (χ0n) is 9.36. The van der Waals surface area contributed by atoms with E-state index in [1.165, 1.54) is 21.9 Å². The summed E-state index contributed by atoms with van der Waals surface area (Å²) < 4.78 is 5.45. The van der Waals surface area contributed by atoms with Gasteiger partial charge in [-0.15, -0.1) is 0 Å². The molecule has 0 bridgehead atoms. The van der Waals surface area contributed by atoms with Crippen molar-refractivity contribution in [3.8, 4) is 5.75 Å². The lowest BCUT2D eigenvalue weighted by Crippen LogP contribution is -2.12. The Bertz CT molecular complexity index is 548. The van der Waals surface area contributed by atoms with Gasteiger partial charge in [0.2, 0.25) is 0 Å². The van der Waals surface area contributed by atoms with Gasteiger partial charge in [0.1, 0.15) is 5.75 Å². The van der Waals surface area contributed by atoms with Crippen molar-refractivity contribution in [3.05, 3.63) is 41.5 Å². The molecule has 0 spiro atoms. The fourth-order valence-corrected chi connectivity index (χ4v) is 2.79. The Balaban J connectivity index is 2.38. The predicted octanol–water partition coefficient (Wildman–Crippen LogP) is 2.45. The number of rotatable bonds is 2. The maximum absolute atomic E-state index is 5.86. The van der Waals surface area contributed by atoms with Crippen LogP contribution in [0.1, 0.15) is 17.0 Å². The minimum atomic E-state index is 0.413. The number of hydrogen-bond donors (Lipinski definition) is 1. The molecule has 0 radical (unpaired) electrons.